The zero-order chi connectivity index (χ0) is 22.8. The molecule has 1 aromatic heterocycles. The fraction of sp³-hybridized carbons (Fsp3) is 0.0385. The lowest BCUT2D eigenvalue weighted by molar-refractivity contribution is 0.0951. The minimum atomic E-state index is -0.167. The Balaban J connectivity index is 1.53. The molecule has 4 aromatic rings. The number of amides is 1. The standard InChI is InChI=1S/C26H17Cl2N3OS/c27-20-9-7-17(12-21(20)28)25-19-5-1-2-6-23(19)33-24-10-8-18(13-22(24)31-25)26(32)30-15-16-4-3-11-29-14-16/h1-14H,15H2,(H,30,32). The Morgan fingerprint density at radius 2 is 1.79 bits per heavy atom. The molecule has 0 fully saturated rings. The molecule has 7 heteroatoms. The Morgan fingerprint density at radius 1 is 0.909 bits per heavy atom. The van der Waals surface area contributed by atoms with E-state index in [1.165, 1.54) is 0 Å². The Labute approximate surface area is 205 Å². The molecule has 1 aliphatic rings. The molecule has 1 amide bonds. The second-order valence-corrected chi connectivity index (χ2v) is 9.31. The van der Waals surface area contributed by atoms with E-state index in [9.17, 15) is 4.79 Å². The average molecular weight is 490 g/mol. The van der Waals surface area contributed by atoms with Crippen molar-refractivity contribution in [1.82, 2.24) is 10.3 Å². The van der Waals surface area contributed by atoms with Crippen LogP contribution in [0.2, 0.25) is 10.0 Å². The molecule has 3 aromatic carbocycles. The lowest BCUT2D eigenvalue weighted by Gasteiger charge is -2.10. The number of benzene rings is 3. The Bertz CT molecular complexity index is 1390. The van der Waals surface area contributed by atoms with Crippen molar-refractivity contribution in [3.05, 3.63) is 117 Å². The molecule has 1 aliphatic heterocycles. The zero-order valence-electron chi connectivity index (χ0n) is 17.3. The maximum Gasteiger partial charge on any atom is 0.251 e. The minimum Gasteiger partial charge on any atom is -0.348 e. The molecule has 4 nitrogen and oxygen atoms in total. The highest BCUT2D eigenvalue weighted by Crippen LogP contribution is 2.42. The van der Waals surface area contributed by atoms with Gasteiger partial charge in [-0.1, -0.05) is 65.3 Å². The summed E-state index contributed by atoms with van der Waals surface area (Å²) in [6, 6.07) is 22.9. The van der Waals surface area contributed by atoms with Crippen LogP contribution in [0.15, 0.2) is 100.0 Å². The molecule has 0 saturated carbocycles. The predicted octanol–water partition coefficient (Wildman–Crippen LogP) is 6.95. The molecule has 0 aliphatic carbocycles. The summed E-state index contributed by atoms with van der Waals surface area (Å²) >= 11 is 14.1. The van der Waals surface area contributed by atoms with E-state index in [1.807, 2.05) is 60.7 Å². The number of nitrogens with one attached hydrogen (secondary N) is 1. The third-order valence-electron chi connectivity index (χ3n) is 5.18. The van der Waals surface area contributed by atoms with Crippen LogP contribution in [-0.4, -0.2) is 16.6 Å². The van der Waals surface area contributed by atoms with Crippen molar-refractivity contribution in [2.24, 2.45) is 4.99 Å². The van der Waals surface area contributed by atoms with E-state index in [2.05, 4.69) is 16.4 Å². The van der Waals surface area contributed by atoms with Crippen LogP contribution >= 0.6 is 35.0 Å². The van der Waals surface area contributed by atoms with Gasteiger partial charge in [0.25, 0.3) is 5.91 Å². The second kappa shape index (κ2) is 9.40. The molecule has 0 spiro atoms. The van der Waals surface area contributed by atoms with Gasteiger partial charge in [-0.05, 0) is 48.0 Å². The van der Waals surface area contributed by atoms with Crippen molar-refractivity contribution in [1.29, 1.82) is 0 Å². The van der Waals surface area contributed by atoms with Crippen molar-refractivity contribution in [3.63, 3.8) is 0 Å². The first-order valence-corrected chi connectivity index (χ1v) is 11.8. The van der Waals surface area contributed by atoms with E-state index in [-0.39, 0.29) is 5.91 Å². The van der Waals surface area contributed by atoms with Crippen LogP contribution in [0.3, 0.4) is 0 Å². The van der Waals surface area contributed by atoms with Crippen molar-refractivity contribution in [2.75, 3.05) is 0 Å². The fourth-order valence-electron chi connectivity index (χ4n) is 3.53. The molecular formula is C26H17Cl2N3OS. The summed E-state index contributed by atoms with van der Waals surface area (Å²) in [7, 11) is 0. The molecule has 5 rings (SSSR count). The van der Waals surface area contributed by atoms with Crippen molar-refractivity contribution >= 4 is 52.3 Å². The van der Waals surface area contributed by atoms with Crippen molar-refractivity contribution < 1.29 is 4.79 Å². The normalized spacial score (nSPS) is 12.2. The van der Waals surface area contributed by atoms with Gasteiger partial charge in [0, 0.05) is 45.4 Å². The molecule has 0 atom stereocenters. The van der Waals surface area contributed by atoms with Crippen molar-refractivity contribution in [2.45, 2.75) is 16.3 Å². The summed E-state index contributed by atoms with van der Waals surface area (Å²) < 4.78 is 0. The van der Waals surface area contributed by atoms with Gasteiger partial charge >= 0.3 is 0 Å². The molecule has 1 N–H and O–H groups in total. The SMILES string of the molecule is O=C(NCc1cccnc1)c1ccc2c(c1)N=C(c1ccc(Cl)c(Cl)c1)c1ccccc1S2. The topological polar surface area (TPSA) is 54.4 Å². The van der Waals surface area contributed by atoms with E-state index in [0.29, 0.717) is 22.2 Å². The number of rotatable bonds is 4. The Hall–Kier alpha value is -3.12. The number of carbonyl (C=O) groups excluding carboxylic acids is 1. The molecule has 162 valence electrons. The summed E-state index contributed by atoms with van der Waals surface area (Å²) in [5, 5.41) is 3.90. The van der Waals surface area contributed by atoms with E-state index in [4.69, 9.17) is 28.2 Å². The Kier molecular flexibility index (Phi) is 6.18. The third kappa shape index (κ3) is 4.67. The summed E-state index contributed by atoms with van der Waals surface area (Å²) in [6.07, 6.45) is 3.44. The number of aliphatic imine (C=N–C) groups is 1. The highest BCUT2D eigenvalue weighted by atomic mass is 35.5. The van der Waals surface area contributed by atoms with Crippen molar-refractivity contribution in [3.8, 4) is 0 Å². The number of fused-ring (bicyclic) bond motifs is 2. The van der Waals surface area contributed by atoms with Crippen LogP contribution in [0.5, 0.6) is 0 Å². The van der Waals surface area contributed by atoms with Gasteiger partial charge in [0.05, 0.1) is 21.4 Å². The molecule has 0 saturated heterocycles. The third-order valence-corrected chi connectivity index (χ3v) is 7.06. The van der Waals surface area contributed by atoms with Crippen LogP contribution in [0.25, 0.3) is 0 Å². The van der Waals surface area contributed by atoms with Gasteiger partial charge in [0.15, 0.2) is 0 Å². The number of halogens is 2. The number of aromatic nitrogens is 1. The first-order chi connectivity index (χ1) is 16.1. The van der Waals surface area contributed by atoms with Gasteiger partial charge in [-0.25, -0.2) is 4.99 Å². The van der Waals surface area contributed by atoms with Gasteiger partial charge in [0.2, 0.25) is 0 Å². The maximum absolute atomic E-state index is 12.8. The molecular weight excluding hydrogens is 473 g/mol. The number of pyridine rings is 1. The number of hydrogen-bond acceptors (Lipinski definition) is 4. The van der Waals surface area contributed by atoms with Crippen LogP contribution in [0, 0.1) is 0 Å². The molecule has 33 heavy (non-hydrogen) atoms. The first kappa shape index (κ1) is 21.7. The largest absolute Gasteiger partial charge is 0.348 e. The van der Waals surface area contributed by atoms with Gasteiger partial charge in [-0.2, -0.15) is 0 Å². The quantitative estimate of drug-likeness (QED) is 0.297. The van der Waals surface area contributed by atoms with Gasteiger partial charge in [0.1, 0.15) is 0 Å². The zero-order valence-corrected chi connectivity index (χ0v) is 19.6. The van der Waals surface area contributed by atoms with Crippen LogP contribution in [0.1, 0.15) is 27.0 Å². The molecule has 0 bridgehead atoms. The lowest BCUT2D eigenvalue weighted by atomic mass is 10.0. The monoisotopic (exact) mass is 489 g/mol. The highest BCUT2D eigenvalue weighted by molar-refractivity contribution is 7.99. The molecule has 0 unspecified atom stereocenters. The molecule has 0 radical (unpaired) electrons. The summed E-state index contributed by atoms with van der Waals surface area (Å²) in [6.45, 7) is 0.405. The average Bonchev–Trinajstić information content (AvgIpc) is 3.01. The van der Waals surface area contributed by atoms with E-state index < -0.39 is 0 Å². The minimum absolute atomic E-state index is 0.167. The smallest absolute Gasteiger partial charge is 0.251 e. The van der Waals surface area contributed by atoms with E-state index in [1.54, 1.807) is 30.2 Å². The van der Waals surface area contributed by atoms with Crippen LogP contribution in [-0.2, 0) is 6.54 Å². The highest BCUT2D eigenvalue weighted by Gasteiger charge is 2.20. The lowest BCUT2D eigenvalue weighted by Crippen LogP contribution is -2.22. The summed E-state index contributed by atoms with van der Waals surface area (Å²) in [4.78, 5) is 23.9. The first-order valence-electron chi connectivity index (χ1n) is 10.2. The van der Waals surface area contributed by atoms with E-state index >= 15 is 0 Å². The van der Waals surface area contributed by atoms with Gasteiger partial charge < -0.3 is 5.32 Å². The van der Waals surface area contributed by atoms with Crippen LogP contribution in [0.4, 0.5) is 5.69 Å². The predicted molar refractivity (Wildman–Crippen MR) is 134 cm³/mol. The second-order valence-electron chi connectivity index (χ2n) is 7.41. The molecule has 2 heterocycles. The summed E-state index contributed by atoms with van der Waals surface area (Å²) in [5.74, 6) is -0.167. The maximum atomic E-state index is 12.8. The number of nitrogens with zero attached hydrogens (tertiary/aromatic N) is 2. The summed E-state index contributed by atoms with van der Waals surface area (Å²) in [5.41, 5.74) is 4.85. The number of carbonyl (C=O) groups is 1. The van der Waals surface area contributed by atoms with Gasteiger partial charge in [-0.3, -0.25) is 9.78 Å². The Morgan fingerprint density at radius 3 is 2.61 bits per heavy atom. The van der Waals surface area contributed by atoms with Crippen LogP contribution < -0.4 is 5.32 Å². The fourth-order valence-corrected chi connectivity index (χ4v) is 4.83. The van der Waals surface area contributed by atoms with E-state index in [0.717, 1.165) is 37.9 Å². The van der Waals surface area contributed by atoms with Gasteiger partial charge in [-0.15, -0.1) is 0 Å². The number of hydrogen-bond donors (Lipinski definition) is 1.